The zero-order valence-electron chi connectivity index (χ0n) is 11.1. The molecule has 2 N–H and O–H groups in total. The maximum absolute atomic E-state index is 6.10. The normalized spacial score (nSPS) is 14.4. The van der Waals surface area contributed by atoms with Crippen LogP contribution in [0.1, 0.15) is 30.1 Å². The van der Waals surface area contributed by atoms with E-state index in [0.29, 0.717) is 0 Å². The van der Waals surface area contributed by atoms with Gasteiger partial charge in [-0.3, -0.25) is 0 Å². The van der Waals surface area contributed by atoms with Crippen molar-refractivity contribution in [1.82, 2.24) is 14.8 Å². The number of anilines is 1. The van der Waals surface area contributed by atoms with Gasteiger partial charge in [0, 0.05) is 23.5 Å². The van der Waals surface area contributed by atoms with Crippen LogP contribution in [0, 0.1) is 6.92 Å². The van der Waals surface area contributed by atoms with E-state index in [1.807, 2.05) is 19.1 Å². The minimum Gasteiger partial charge on any atom is -0.398 e. The summed E-state index contributed by atoms with van der Waals surface area (Å²) in [6.07, 6.45) is 3.52. The smallest absolute Gasteiger partial charge is 0.143 e. The molecule has 19 heavy (non-hydrogen) atoms. The fraction of sp³-hybridized carbons (Fsp3) is 0.429. The highest BCUT2D eigenvalue weighted by Gasteiger charge is 2.16. The van der Waals surface area contributed by atoms with E-state index in [9.17, 15) is 0 Å². The van der Waals surface area contributed by atoms with Crippen LogP contribution in [0.2, 0.25) is 0 Å². The highest BCUT2D eigenvalue weighted by molar-refractivity contribution is 7.98. The van der Waals surface area contributed by atoms with E-state index in [4.69, 9.17) is 5.73 Å². The maximum atomic E-state index is 6.10. The third kappa shape index (κ3) is 2.47. The molecule has 0 saturated heterocycles. The van der Waals surface area contributed by atoms with Gasteiger partial charge in [-0.05, 0) is 31.4 Å². The lowest BCUT2D eigenvalue weighted by atomic mass is 10.2. The maximum Gasteiger partial charge on any atom is 0.143 e. The van der Waals surface area contributed by atoms with Crippen molar-refractivity contribution in [1.29, 1.82) is 0 Å². The molecule has 100 valence electrons. The second kappa shape index (κ2) is 5.25. The predicted molar refractivity (Wildman–Crippen MR) is 78.1 cm³/mol. The van der Waals surface area contributed by atoms with Crippen LogP contribution >= 0.6 is 11.8 Å². The number of benzene rings is 1. The zero-order chi connectivity index (χ0) is 13.2. The molecule has 0 atom stereocenters. The van der Waals surface area contributed by atoms with Crippen molar-refractivity contribution in [3.63, 3.8) is 0 Å². The van der Waals surface area contributed by atoms with Crippen LogP contribution in [0.3, 0.4) is 0 Å². The SMILES string of the molecule is Cc1cccc(SCc2nnc3n2CCCC3)c1N. The van der Waals surface area contributed by atoms with Crippen molar-refractivity contribution in [2.75, 3.05) is 5.73 Å². The Morgan fingerprint density at radius 1 is 1.32 bits per heavy atom. The van der Waals surface area contributed by atoms with Gasteiger partial charge in [-0.25, -0.2) is 0 Å². The van der Waals surface area contributed by atoms with Gasteiger partial charge in [-0.15, -0.1) is 22.0 Å². The van der Waals surface area contributed by atoms with E-state index in [-0.39, 0.29) is 0 Å². The van der Waals surface area contributed by atoms with E-state index in [1.165, 1.54) is 12.8 Å². The molecule has 0 unspecified atom stereocenters. The lowest BCUT2D eigenvalue weighted by molar-refractivity contribution is 0.513. The molecule has 0 saturated carbocycles. The number of rotatable bonds is 3. The highest BCUT2D eigenvalue weighted by Crippen LogP contribution is 2.30. The summed E-state index contributed by atoms with van der Waals surface area (Å²) in [6.45, 7) is 3.10. The number of fused-ring (bicyclic) bond motifs is 1. The van der Waals surface area contributed by atoms with E-state index in [2.05, 4.69) is 20.8 Å². The lowest BCUT2D eigenvalue weighted by Crippen LogP contribution is -2.12. The molecule has 0 bridgehead atoms. The summed E-state index contributed by atoms with van der Waals surface area (Å²) in [7, 11) is 0. The first-order valence-electron chi connectivity index (χ1n) is 6.64. The second-order valence-corrected chi connectivity index (χ2v) is 5.93. The molecule has 1 aromatic carbocycles. The molecule has 1 aliphatic heterocycles. The van der Waals surface area contributed by atoms with Gasteiger partial charge in [-0.1, -0.05) is 12.1 Å². The van der Waals surface area contributed by atoms with Crippen molar-refractivity contribution < 1.29 is 0 Å². The third-order valence-corrected chi connectivity index (χ3v) is 4.65. The van der Waals surface area contributed by atoms with E-state index in [0.717, 1.165) is 46.5 Å². The summed E-state index contributed by atoms with van der Waals surface area (Å²) in [5, 5.41) is 8.59. The van der Waals surface area contributed by atoms with Gasteiger partial charge in [0.2, 0.25) is 0 Å². The van der Waals surface area contributed by atoms with E-state index < -0.39 is 0 Å². The molecule has 1 aliphatic rings. The van der Waals surface area contributed by atoms with Crippen LogP contribution < -0.4 is 5.73 Å². The van der Waals surface area contributed by atoms with Crippen molar-refractivity contribution in [3.05, 3.63) is 35.4 Å². The standard InChI is InChI=1S/C14H18N4S/c1-10-5-4-6-11(14(10)15)19-9-13-17-16-12-7-2-3-8-18(12)13/h4-6H,2-3,7-9,15H2,1H3. The number of para-hydroxylation sites is 1. The third-order valence-electron chi connectivity index (χ3n) is 3.58. The molecular formula is C14H18N4S. The zero-order valence-corrected chi connectivity index (χ0v) is 11.9. The van der Waals surface area contributed by atoms with Crippen molar-refractivity contribution >= 4 is 17.4 Å². The van der Waals surface area contributed by atoms with Crippen LogP contribution in [-0.2, 0) is 18.7 Å². The van der Waals surface area contributed by atoms with Gasteiger partial charge in [0.15, 0.2) is 0 Å². The number of hydrogen-bond acceptors (Lipinski definition) is 4. The number of nitrogens with two attached hydrogens (primary N) is 1. The first-order valence-corrected chi connectivity index (χ1v) is 7.63. The van der Waals surface area contributed by atoms with E-state index in [1.54, 1.807) is 11.8 Å². The van der Waals surface area contributed by atoms with Gasteiger partial charge in [-0.2, -0.15) is 0 Å². The molecule has 0 spiro atoms. The number of thioether (sulfide) groups is 1. The largest absolute Gasteiger partial charge is 0.398 e. The van der Waals surface area contributed by atoms with Gasteiger partial charge in [0.05, 0.1) is 5.75 Å². The number of aromatic nitrogens is 3. The minimum absolute atomic E-state index is 0.834. The van der Waals surface area contributed by atoms with Gasteiger partial charge in [0.1, 0.15) is 11.6 Å². The first kappa shape index (κ1) is 12.5. The summed E-state index contributed by atoms with van der Waals surface area (Å²) in [5.74, 6) is 3.04. The number of nitrogen functional groups attached to an aromatic ring is 1. The quantitative estimate of drug-likeness (QED) is 0.690. The number of aryl methyl sites for hydroxylation is 2. The predicted octanol–water partition coefficient (Wildman–Crippen LogP) is 2.80. The molecule has 1 aromatic heterocycles. The summed E-state index contributed by atoms with van der Waals surface area (Å²) < 4.78 is 2.27. The first-order chi connectivity index (χ1) is 9.25. The molecule has 4 nitrogen and oxygen atoms in total. The van der Waals surface area contributed by atoms with E-state index >= 15 is 0 Å². The Bertz CT molecular complexity index is 591. The van der Waals surface area contributed by atoms with Crippen LogP contribution in [0.4, 0.5) is 5.69 Å². The van der Waals surface area contributed by atoms with Crippen LogP contribution in [0.5, 0.6) is 0 Å². The Hall–Kier alpha value is -1.49. The Balaban J connectivity index is 1.76. The van der Waals surface area contributed by atoms with Gasteiger partial charge < -0.3 is 10.3 Å². The van der Waals surface area contributed by atoms with Crippen LogP contribution in [0.25, 0.3) is 0 Å². The molecule has 3 rings (SSSR count). The van der Waals surface area contributed by atoms with Crippen molar-refractivity contribution in [2.24, 2.45) is 0 Å². The van der Waals surface area contributed by atoms with Gasteiger partial charge >= 0.3 is 0 Å². The number of hydrogen-bond donors (Lipinski definition) is 1. The molecule has 0 amide bonds. The van der Waals surface area contributed by atoms with Gasteiger partial charge in [0.25, 0.3) is 0 Å². The Morgan fingerprint density at radius 2 is 2.21 bits per heavy atom. The number of nitrogens with zero attached hydrogens (tertiary/aromatic N) is 3. The summed E-state index contributed by atoms with van der Waals surface area (Å²) in [5.41, 5.74) is 8.11. The molecule has 0 radical (unpaired) electrons. The molecule has 2 heterocycles. The van der Waals surface area contributed by atoms with Crippen molar-refractivity contribution in [2.45, 2.75) is 43.4 Å². The highest BCUT2D eigenvalue weighted by atomic mass is 32.2. The molecule has 0 aliphatic carbocycles. The molecule has 2 aromatic rings. The average molecular weight is 274 g/mol. The monoisotopic (exact) mass is 274 g/mol. The second-order valence-electron chi connectivity index (χ2n) is 4.92. The fourth-order valence-electron chi connectivity index (χ4n) is 2.40. The Morgan fingerprint density at radius 3 is 3.11 bits per heavy atom. The summed E-state index contributed by atoms with van der Waals surface area (Å²) >= 11 is 1.74. The van der Waals surface area contributed by atoms with Crippen LogP contribution in [0.15, 0.2) is 23.1 Å². The average Bonchev–Trinajstić information content (AvgIpc) is 2.84. The topological polar surface area (TPSA) is 56.7 Å². The molecule has 0 fully saturated rings. The summed E-state index contributed by atoms with van der Waals surface area (Å²) in [4.78, 5) is 1.13. The Kier molecular flexibility index (Phi) is 3.46. The Labute approximate surface area is 117 Å². The molecule has 5 heteroatoms. The van der Waals surface area contributed by atoms with Crippen LogP contribution in [-0.4, -0.2) is 14.8 Å². The fourth-order valence-corrected chi connectivity index (χ4v) is 3.39. The molecular weight excluding hydrogens is 256 g/mol. The minimum atomic E-state index is 0.834. The summed E-state index contributed by atoms with van der Waals surface area (Å²) in [6, 6.07) is 6.16. The lowest BCUT2D eigenvalue weighted by Gasteiger charge is -2.14. The van der Waals surface area contributed by atoms with Crippen molar-refractivity contribution in [3.8, 4) is 0 Å².